The number of hydrogen-bond donors (Lipinski definition) is 1. The molecule has 20 heavy (non-hydrogen) atoms. The summed E-state index contributed by atoms with van der Waals surface area (Å²) < 4.78 is 10.8. The number of ether oxygens (including phenoxy) is 1. The number of morpholine rings is 1. The molecule has 0 bridgehead atoms. The molecule has 108 valence electrons. The van der Waals surface area contributed by atoms with Gasteiger partial charge in [0.2, 0.25) is 0 Å². The van der Waals surface area contributed by atoms with Crippen LogP contribution in [0.1, 0.15) is 46.6 Å². The Hall–Kier alpha value is -1.82. The molecule has 1 amide bonds. The number of fused-ring (bicyclic) bond motifs is 1. The molecule has 1 saturated carbocycles. The van der Waals surface area contributed by atoms with Crippen LogP contribution in [-0.2, 0) is 4.74 Å². The van der Waals surface area contributed by atoms with Gasteiger partial charge in [-0.25, -0.2) is 4.79 Å². The van der Waals surface area contributed by atoms with Crippen LogP contribution in [0.5, 0.6) is 0 Å². The van der Waals surface area contributed by atoms with Crippen LogP contribution in [-0.4, -0.2) is 47.2 Å². The molecule has 2 fully saturated rings. The fourth-order valence-electron chi connectivity index (χ4n) is 3.05. The number of carboxylic acid groups (broad SMARTS) is 1. The second-order valence-electron chi connectivity index (χ2n) is 5.26. The van der Waals surface area contributed by atoms with Crippen molar-refractivity contribution in [1.82, 2.24) is 4.90 Å². The molecule has 6 heteroatoms. The smallest absolute Gasteiger partial charge is 0.338 e. The van der Waals surface area contributed by atoms with Gasteiger partial charge in [0.1, 0.15) is 6.26 Å². The van der Waals surface area contributed by atoms with Gasteiger partial charge >= 0.3 is 5.97 Å². The lowest BCUT2D eigenvalue weighted by Crippen LogP contribution is -2.54. The van der Waals surface area contributed by atoms with Crippen LogP contribution < -0.4 is 0 Å². The van der Waals surface area contributed by atoms with Crippen molar-refractivity contribution in [1.29, 1.82) is 0 Å². The lowest BCUT2D eigenvalue weighted by Gasteiger charge is -2.43. The third kappa shape index (κ3) is 2.31. The molecule has 2 heterocycles. The van der Waals surface area contributed by atoms with Crippen LogP contribution >= 0.6 is 0 Å². The topological polar surface area (TPSA) is 80.0 Å². The summed E-state index contributed by atoms with van der Waals surface area (Å²) in [6, 6.07) is 1.38. The normalized spacial score (nSPS) is 26.1. The van der Waals surface area contributed by atoms with Gasteiger partial charge in [0, 0.05) is 12.6 Å². The first-order valence-electron chi connectivity index (χ1n) is 6.91. The molecule has 2 aliphatic rings. The Kier molecular flexibility index (Phi) is 3.48. The van der Waals surface area contributed by atoms with E-state index in [1.165, 1.54) is 6.07 Å². The van der Waals surface area contributed by atoms with Crippen LogP contribution in [0.2, 0.25) is 0 Å². The Morgan fingerprint density at radius 3 is 2.85 bits per heavy atom. The molecule has 0 radical (unpaired) electrons. The zero-order chi connectivity index (χ0) is 14.1. The molecule has 2 atom stereocenters. The second-order valence-corrected chi connectivity index (χ2v) is 5.26. The molecule has 0 spiro atoms. The second kappa shape index (κ2) is 5.28. The summed E-state index contributed by atoms with van der Waals surface area (Å²) in [5.74, 6) is -1.24. The zero-order valence-corrected chi connectivity index (χ0v) is 11.1. The number of rotatable bonds is 2. The number of furan rings is 1. The van der Waals surface area contributed by atoms with Gasteiger partial charge in [-0.3, -0.25) is 4.79 Å². The fraction of sp³-hybridized carbons (Fsp3) is 0.571. The van der Waals surface area contributed by atoms with Crippen molar-refractivity contribution in [2.24, 2.45) is 0 Å². The van der Waals surface area contributed by atoms with E-state index in [1.807, 2.05) is 0 Å². The van der Waals surface area contributed by atoms with E-state index < -0.39 is 5.97 Å². The van der Waals surface area contributed by atoms with Crippen molar-refractivity contribution in [3.8, 4) is 0 Å². The van der Waals surface area contributed by atoms with Crippen molar-refractivity contribution in [2.75, 3.05) is 13.2 Å². The average Bonchev–Trinajstić information content (AvgIpc) is 2.96. The maximum atomic E-state index is 12.5. The zero-order valence-electron chi connectivity index (χ0n) is 11.1. The minimum atomic E-state index is -1.09. The highest BCUT2D eigenvalue weighted by Gasteiger charge is 2.37. The van der Waals surface area contributed by atoms with Gasteiger partial charge in [0.15, 0.2) is 5.76 Å². The number of aromatic carboxylic acids is 1. The predicted molar refractivity (Wildman–Crippen MR) is 68.7 cm³/mol. The first-order chi connectivity index (χ1) is 9.66. The van der Waals surface area contributed by atoms with E-state index in [0.717, 1.165) is 31.9 Å². The fourth-order valence-corrected chi connectivity index (χ4v) is 3.05. The van der Waals surface area contributed by atoms with E-state index in [2.05, 4.69) is 0 Å². The highest BCUT2D eigenvalue weighted by Crippen LogP contribution is 2.29. The first kappa shape index (κ1) is 13.2. The number of carbonyl (C=O) groups excluding carboxylic acids is 1. The van der Waals surface area contributed by atoms with Crippen LogP contribution in [0, 0.1) is 0 Å². The maximum Gasteiger partial charge on any atom is 0.338 e. The largest absolute Gasteiger partial charge is 0.478 e. The average molecular weight is 279 g/mol. The highest BCUT2D eigenvalue weighted by molar-refractivity contribution is 5.95. The lowest BCUT2D eigenvalue weighted by molar-refractivity contribution is -0.0759. The summed E-state index contributed by atoms with van der Waals surface area (Å²) in [7, 11) is 0. The predicted octanol–water partition coefficient (Wildman–Crippen LogP) is 1.76. The van der Waals surface area contributed by atoms with Gasteiger partial charge in [0.05, 0.1) is 24.3 Å². The molecule has 1 saturated heterocycles. The molecule has 1 aromatic rings. The minimum Gasteiger partial charge on any atom is -0.478 e. The molecule has 6 nitrogen and oxygen atoms in total. The Labute approximate surface area is 116 Å². The highest BCUT2D eigenvalue weighted by atomic mass is 16.5. The van der Waals surface area contributed by atoms with Gasteiger partial charge < -0.3 is 19.2 Å². The van der Waals surface area contributed by atoms with Gasteiger partial charge in [-0.1, -0.05) is 12.8 Å². The van der Waals surface area contributed by atoms with E-state index in [1.54, 1.807) is 4.90 Å². The monoisotopic (exact) mass is 279 g/mol. The van der Waals surface area contributed by atoms with Gasteiger partial charge in [-0.05, 0) is 12.8 Å². The summed E-state index contributed by atoms with van der Waals surface area (Å²) >= 11 is 0. The van der Waals surface area contributed by atoms with Gasteiger partial charge in [0.25, 0.3) is 5.91 Å². The maximum absolute atomic E-state index is 12.5. The Bertz CT molecular complexity index is 521. The summed E-state index contributed by atoms with van der Waals surface area (Å²) in [5, 5.41) is 8.87. The number of nitrogens with zero attached hydrogens (tertiary/aromatic N) is 1. The van der Waals surface area contributed by atoms with Gasteiger partial charge in [-0.2, -0.15) is 0 Å². The Balaban J connectivity index is 1.79. The molecule has 1 aliphatic carbocycles. The van der Waals surface area contributed by atoms with Crippen LogP contribution in [0.15, 0.2) is 16.7 Å². The van der Waals surface area contributed by atoms with E-state index in [9.17, 15) is 9.59 Å². The van der Waals surface area contributed by atoms with Crippen molar-refractivity contribution in [3.05, 3.63) is 23.7 Å². The molecular formula is C14H17NO5. The SMILES string of the molecule is O=C(O)c1coc(C(=O)N2CCOC3CCCCC32)c1. The van der Waals surface area contributed by atoms with E-state index in [0.29, 0.717) is 13.2 Å². The number of carboxylic acids is 1. The van der Waals surface area contributed by atoms with E-state index in [-0.39, 0.29) is 29.4 Å². The van der Waals surface area contributed by atoms with E-state index in [4.69, 9.17) is 14.3 Å². The van der Waals surface area contributed by atoms with Crippen LogP contribution in [0.4, 0.5) is 0 Å². The minimum absolute atomic E-state index is 0.00167. The molecule has 3 rings (SSSR count). The summed E-state index contributed by atoms with van der Waals surface area (Å²) in [5.41, 5.74) is 0.00167. The van der Waals surface area contributed by atoms with Crippen LogP contribution in [0.25, 0.3) is 0 Å². The molecule has 1 N–H and O–H groups in total. The van der Waals surface area contributed by atoms with Gasteiger partial charge in [-0.15, -0.1) is 0 Å². The third-order valence-corrected chi connectivity index (χ3v) is 4.05. The van der Waals surface area contributed by atoms with Crippen molar-refractivity contribution >= 4 is 11.9 Å². The summed E-state index contributed by atoms with van der Waals surface area (Å²) in [6.45, 7) is 1.06. The lowest BCUT2D eigenvalue weighted by atomic mass is 9.90. The molecule has 0 aromatic carbocycles. The van der Waals surface area contributed by atoms with Crippen molar-refractivity contribution in [2.45, 2.75) is 37.8 Å². The number of hydrogen-bond acceptors (Lipinski definition) is 4. The number of amides is 1. The van der Waals surface area contributed by atoms with Crippen LogP contribution in [0.3, 0.4) is 0 Å². The summed E-state index contributed by atoms with van der Waals surface area (Å²) in [6.07, 6.45) is 5.35. The van der Waals surface area contributed by atoms with E-state index >= 15 is 0 Å². The molecule has 1 aromatic heterocycles. The Morgan fingerprint density at radius 1 is 1.30 bits per heavy atom. The molecule has 2 unspecified atom stereocenters. The van der Waals surface area contributed by atoms with Crippen molar-refractivity contribution < 1.29 is 23.8 Å². The Morgan fingerprint density at radius 2 is 2.10 bits per heavy atom. The molecule has 1 aliphatic heterocycles. The standard InChI is InChI=1S/C14H17NO5/c16-13(12-7-9(8-20-12)14(17)18)15-5-6-19-11-4-2-1-3-10(11)15/h7-8,10-11H,1-6H2,(H,17,18). The quantitative estimate of drug-likeness (QED) is 0.892. The third-order valence-electron chi connectivity index (χ3n) is 4.05. The van der Waals surface area contributed by atoms with Crippen molar-refractivity contribution in [3.63, 3.8) is 0 Å². The summed E-state index contributed by atoms with van der Waals surface area (Å²) in [4.78, 5) is 25.1. The molecular weight excluding hydrogens is 262 g/mol. The first-order valence-corrected chi connectivity index (χ1v) is 6.91. The number of carbonyl (C=O) groups is 2.